The Morgan fingerprint density at radius 3 is 2.81 bits per heavy atom. The lowest BCUT2D eigenvalue weighted by Gasteiger charge is -2.24. The Morgan fingerprint density at radius 2 is 2.25 bits per heavy atom. The zero-order valence-corrected chi connectivity index (χ0v) is 10.6. The van der Waals surface area contributed by atoms with Gasteiger partial charge in [-0.2, -0.15) is 0 Å². The van der Waals surface area contributed by atoms with E-state index in [9.17, 15) is 5.11 Å². The van der Waals surface area contributed by atoms with Crippen molar-refractivity contribution in [3.63, 3.8) is 0 Å². The minimum absolute atomic E-state index is 0.260. The van der Waals surface area contributed by atoms with Crippen molar-refractivity contribution in [3.05, 3.63) is 0 Å². The van der Waals surface area contributed by atoms with Crippen LogP contribution in [-0.4, -0.2) is 62.0 Å². The molecule has 1 fully saturated rings. The quantitative estimate of drug-likeness (QED) is 0.535. The van der Waals surface area contributed by atoms with Crippen LogP contribution in [0.4, 0.5) is 0 Å². The Bertz CT molecular complexity index is 174. The van der Waals surface area contributed by atoms with E-state index in [-0.39, 0.29) is 6.10 Å². The molecule has 0 spiro atoms. The van der Waals surface area contributed by atoms with Crippen LogP contribution in [0, 0.1) is 0 Å². The molecule has 16 heavy (non-hydrogen) atoms. The van der Waals surface area contributed by atoms with Gasteiger partial charge in [-0.15, -0.1) is 0 Å². The van der Waals surface area contributed by atoms with Crippen LogP contribution in [0.2, 0.25) is 0 Å². The van der Waals surface area contributed by atoms with Crippen LogP contribution in [0.5, 0.6) is 0 Å². The van der Waals surface area contributed by atoms with E-state index in [1.807, 2.05) is 0 Å². The van der Waals surface area contributed by atoms with Crippen molar-refractivity contribution in [3.8, 4) is 0 Å². The van der Waals surface area contributed by atoms with E-state index >= 15 is 0 Å². The molecule has 1 aliphatic rings. The van der Waals surface area contributed by atoms with Gasteiger partial charge in [0, 0.05) is 32.8 Å². The van der Waals surface area contributed by atoms with Gasteiger partial charge in [-0.25, -0.2) is 0 Å². The molecule has 0 aromatic heterocycles. The van der Waals surface area contributed by atoms with E-state index in [1.165, 1.54) is 19.3 Å². The lowest BCUT2D eigenvalue weighted by Crippen LogP contribution is -2.40. The normalized spacial score (nSPS) is 18.0. The van der Waals surface area contributed by atoms with Gasteiger partial charge in [0.1, 0.15) is 0 Å². The first-order valence-electron chi connectivity index (χ1n) is 6.39. The summed E-state index contributed by atoms with van der Waals surface area (Å²) in [4.78, 5) is 2.42. The Kier molecular flexibility index (Phi) is 6.96. The molecule has 1 aliphatic carbocycles. The van der Waals surface area contributed by atoms with Crippen LogP contribution >= 0.6 is 0 Å². The smallest absolute Gasteiger partial charge is 0.0791 e. The minimum atomic E-state index is -0.260. The number of hydrogen-bond donors (Lipinski definition) is 2. The van der Waals surface area contributed by atoms with Gasteiger partial charge in [0.2, 0.25) is 0 Å². The third-order valence-corrected chi connectivity index (χ3v) is 2.88. The predicted molar refractivity (Wildman–Crippen MR) is 65.6 cm³/mol. The highest BCUT2D eigenvalue weighted by atomic mass is 16.5. The molecule has 0 aromatic rings. The van der Waals surface area contributed by atoms with Gasteiger partial charge in [0.25, 0.3) is 0 Å². The Balaban J connectivity index is 2.07. The highest BCUT2D eigenvalue weighted by Crippen LogP contribution is 2.26. The molecule has 0 bridgehead atoms. The third kappa shape index (κ3) is 5.80. The van der Waals surface area contributed by atoms with E-state index in [4.69, 9.17) is 4.74 Å². The lowest BCUT2D eigenvalue weighted by atomic mass is 10.3. The molecule has 0 heterocycles. The van der Waals surface area contributed by atoms with E-state index in [0.717, 1.165) is 25.7 Å². The molecule has 1 saturated carbocycles. The van der Waals surface area contributed by atoms with Gasteiger partial charge in [0.15, 0.2) is 0 Å². The topological polar surface area (TPSA) is 44.7 Å². The fourth-order valence-electron chi connectivity index (χ4n) is 1.93. The van der Waals surface area contributed by atoms with Crippen LogP contribution in [0.1, 0.15) is 26.2 Å². The molecule has 0 amide bonds. The first-order chi connectivity index (χ1) is 7.77. The number of aliphatic hydroxyl groups excluding tert-OH is 1. The predicted octanol–water partition coefficient (Wildman–Crippen LogP) is 0.458. The standard InChI is InChI=1S/C12H26N2O2/c1-3-7-14(11-4-5-11)10-12(15)9-13-6-8-16-2/h11-13,15H,3-10H2,1-2H3. The second kappa shape index (κ2) is 8.01. The van der Waals surface area contributed by atoms with Crippen molar-refractivity contribution >= 4 is 0 Å². The van der Waals surface area contributed by atoms with Crippen molar-refractivity contribution in [2.24, 2.45) is 0 Å². The second-order valence-corrected chi connectivity index (χ2v) is 4.58. The zero-order valence-electron chi connectivity index (χ0n) is 10.6. The maximum atomic E-state index is 9.88. The van der Waals surface area contributed by atoms with Crippen molar-refractivity contribution < 1.29 is 9.84 Å². The van der Waals surface area contributed by atoms with E-state index in [1.54, 1.807) is 7.11 Å². The number of aliphatic hydroxyl groups is 1. The van der Waals surface area contributed by atoms with Gasteiger partial charge in [0.05, 0.1) is 12.7 Å². The van der Waals surface area contributed by atoms with Gasteiger partial charge in [-0.1, -0.05) is 6.92 Å². The second-order valence-electron chi connectivity index (χ2n) is 4.58. The number of rotatable bonds is 10. The van der Waals surface area contributed by atoms with E-state index in [2.05, 4.69) is 17.1 Å². The number of nitrogens with one attached hydrogen (secondary N) is 1. The Hall–Kier alpha value is -0.160. The summed E-state index contributed by atoms with van der Waals surface area (Å²) in [7, 11) is 1.69. The van der Waals surface area contributed by atoms with Gasteiger partial charge >= 0.3 is 0 Å². The third-order valence-electron chi connectivity index (χ3n) is 2.88. The van der Waals surface area contributed by atoms with Crippen LogP contribution in [0.3, 0.4) is 0 Å². The Morgan fingerprint density at radius 1 is 1.50 bits per heavy atom. The molecule has 1 unspecified atom stereocenters. The molecular weight excluding hydrogens is 204 g/mol. The number of ether oxygens (including phenoxy) is 1. The van der Waals surface area contributed by atoms with Gasteiger partial charge < -0.3 is 15.2 Å². The van der Waals surface area contributed by atoms with Gasteiger partial charge in [-0.3, -0.25) is 4.90 Å². The van der Waals surface area contributed by atoms with E-state index < -0.39 is 0 Å². The molecular formula is C12H26N2O2. The fourth-order valence-corrected chi connectivity index (χ4v) is 1.93. The average molecular weight is 230 g/mol. The van der Waals surface area contributed by atoms with Crippen molar-refractivity contribution in [2.45, 2.75) is 38.3 Å². The number of methoxy groups -OCH3 is 1. The summed E-state index contributed by atoms with van der Waals surface area (Å²) in [6.07, 6.45) is 3.53. The van der Waals surface area contributed by atoms with Crippen LogP contribution in [0.25, 0.3) is 0 Å². The van der Waals surface area contributed by atoms with Gasteiger partial charge in [-0.05, 0) is 25.8 Å². The summed E-state index contributed by atoms with van der Waals surface area (Å²) < 4.78 is 4.94. The molecule has 4 nitrogen and oxygen atoms in total. The fraction of sp³-hybridized carbons (Fsp3) is 1.00. The lowest BCUT2D eigenvalue weighted by molar-refractivity contribution is 0.104. The maximum absolute atomic E-state index is 9.88. The molecule has 0 aromatic carbocycles. The molecule has 2 N–H and O–H groups in total. The molecule has 0 aliphatic heterocycles. The van der Waals surface area contributed by atoms with Crippen LogP contribution < -0.4 is 5.32 Å². The summed E-state index contributed by atoms with van der Waals surface area (Å²) >= 11 is 0. The highest BCUT2D eigenvalue weighted by Gasteiger charge is 2.29. The molecule has 1 atom stereocenters. The van der Waals surface area contributed by atoms with Crippen molar-refractivity contribution in [2.75, 3.05) is 39.9 Å². The number of nitrogens with zero attached hydrogens (tertiary/aromatic N) is 1. The molecule has 96 valence electrons. The summed E-state index contributed by atoms with van der Waals surface area (Å²) in [5.74, 6) is 0. The highest BCUT2D eigenvalue weighted by molar-refractivity contribution is 4.85. The molecule has 0 saturated heterocycles. The largest absolute Gasteiger partial charge is 0.390 e. The van der Waals surface area contributed by atoms with Crippen LogP contribution in [0.15, 0.2) is 0 Å². The first kappa shape index (κ1) is 13.9. The SMILES string of the molecule is CCCN(CC(O)CNCCOC)C1CC1. The number of hydrogen-bond acceptors (Lipinski definition) is 4. The molecule has 0 radical (unpaired) electrons. The Labute approximate surface area is 99.0 Å². The molecule has 1 rings (SSSR count). The summed E-state index contributed by atoms with van der Waals surface area (Å²) in [6.45, 7) is 6.28. The van der Waals surface area contributed by atoms with Crippen molar-refractivity contribution in [1.29, 1.82) is 0 Å². The zero-order chi connectivity index (χ0) is 11.8. The monoisotopic (exact) mass is 230 g/mol. The molecule has 4 heteroatoms. The summed E-state index contributed by atoms with van der Waals surface area (Å²) in [5.41, 5.74) is 0. The van der Waals surface area contributed by atoms with Crippen molar-refractivity contribution in [1.82, 2.24) is 10.2 Å². The summed E-state index contributed by atoms with van der Waals surface area (Å²) in [5, 5.41) is 13.1. The maximum Gasteiger partial charge on any atom is 0.0791 e. The minimum Gasteiger partial charge on any atom is -0.390 e. The van der Waals surface area contributed by atoms with Crippen LogP contribution in [-0.2, 0) is 4.74 Å². The van der Waals surface area contributed by atoms with E-state index in [0.29, 0.717) is 13.2 Å². The summed E-state index contributed by atoms with van der Waals surface area (Å²) in [6, 6.07) is 0.744. The first-order valence-corrected chi connectivity index (χ1v) is 6.39. The average Bonchev–Trinajstić information content (AvgIpc) is 3.07.